The lowest BCUT2D eigenvalue weighted by atomic mass is 10.5. The van der Waals surface area contributed by atoms with Crippen molar-refractivity contribution in [2.24, 2.45) is 0 Å². The van der Waals surface area contributed by atoms with Crippen molar-refractivity contribution >= 4 is 0 Å². The van der Waals surface area contributed by atoms with Crippen LogP contribution in [0.5, 0.6) is 0 Å². The highest BCUT2D eigenvalue weighted by molar-refractivity contribution is 5.11. The minimum Gasteiger partial charge on any atom is -0.495 e. The molecule has 2 nitrogen and oxygen atoms in total. The molecule has 0 unspecified atom stereocenters. The molecule has 0 saturated carbocycles. The molecule has 0 heterocycles. The van der Waals surface area contributed by atoms with Crippen LogP contribution in [0.4, 0.5) is 0 Å². The summed E-state index contributed by atoms with van der Waals surface area (Å²) in [5, 5.41) is 8.28. The van der Waals surface area contributed by atoms with Gasteiger partial charge < -0.3 is 9.84 Å². The standard InChI is InChI=1S/C7H10O2/c1-3-4-7(2)9-6-5-8/h1,4,8H,5-6H2,2H3/b7-4+. The number of hydrogen-bond acceptors (Lipinski definition) is 2. The predicted molar refractivity (Wildman–Crippen MR) is 35.6 cm³/mol. The third-order valence-electron chi connectivity index (χ3n) is 0.708. The molecule has 0 spiro atoms. The van der Waals surface area contributed by atoms with Gasteiger partial charge in [-0.25, -0.2) is 0 Å². The molecule has 0 radical (unpaired) electrons. The average molecular weight is 126 g/mol. The van der Waals surface area contributed by atoms with Crippen LogP contribution in [0.3, 0.4) is 0 Å². The quantitative estimate of drug-likeness (QED) is 0.441. The highest BCUT2D eigenvalue weighted by atomic mass is 16.5. The highest BCUT2D eigenvalue weighted by Crippen LogP contribution is 1.91. The van der Waals surface area contributed by atoms with E-state index in [0.717, 1.165) is 0 Å². The maximum Gasteiger partial charge on any atom is 0.111 e. The molecule has 2 heteroatoms. The van der Waals surface area contributed by atoms with Crippen LogP contribution >= 0.6 is 0 Å². The van der Waals surface area contributed by atoms with Gasteiger partial charge in [0.15, 0.2) is 0 Å². The molecule has 9 heavy (non-hydrogen) atoms. The van der Waals surface area contributed by atoms with Crippen LogP contribution in [0, 0.1) is 12.3 Å². The summed E-state index contributed by atoms with van der Waals surface area (Å²) < 4.78 is 4.90. The van der Waals surface area contributed by atoms with Crippen LogP contribution in [0.1, 0.15) is 6.92 Å². The summed E-state index contributed by atoms with van der Waals surface area (Å²) in [4.78, 5) is 0. The molecule has 0 rings (SSSR count). The third-order valence-corrected chi connectivity index (χ3v) is 0.708. The van der Waals surface area contributed by atoms with E-state index < -0.39 is 0 Å². The highest BCUT2D eigenvalue weighted by Gasteiger charge is 1.84. The van der Waals surface area contributed by atoms with E-state index in [1.807, 2.05) is 0 Å². The third kappa shape index (κ3) is 4.92. The van der Waals surface area contributed by atoms with Crippen LogP contribution in [0.25, 0.3) is 0 Å². The zero-order valence-corrected chi connectivity index (χ0v) is 5.42. The molecule has 50 valence electrons. The SMILES string of the molecule is C#C/C=C(\C)OCCO. The summed E-state index contributed by atoms with van der Waals surface area (Å²) in [6.45, 7) is 2.08. The number of ether oxygens (including phenoxy) is 1. The minimum atomic E-state index is 0.0236. The van der Waals surface area contributed by atoms with Gasteiger partial charge in [-0.15, -0.1) is 6.42 Å². The fourth-order valence-electron chi connectivity index (χ4n) is 0.366. The van der Waals surface area contributed by atoms with Crippen molar-refractivity contribution in [2.75, 3.05) is 13.2 Å². The lowest BCUT2D eigenvalue weighted by Gasteiger charge is -2.00. The topological polar surface area (TPSA) is 29.5 Å². The van der Waals surface area contributed by atoms with Crippen LogP contribution in [0.2, 0.25) is 0 Å². The first kappa shape index (κ1) is 8.06. The molecule has 0 saturated heterocycles. The lowest BCUT2D eigenvalue weighted by Crippen LogP contribution is -1.96. The average Bonchev–Trinajstić information content (AvgIpc) is 1.85. The summed E-state index contributed by atoms with van der Waals surface area (Å²) in [6.07, 6.45) is 6.44. The first-order valence-corrected chi connectivity index (χ1v) is 2.68. The molecular weight excluding hydrogens is 116 g/mol. The summed E-state index contributed by atoms with van der Waals surface area (Å²) in [6, 6.07) is 0. The molecule has 0 amide bonds. The number of aliphatic hydroxyl groups excluding tert-OH is 1. The first-order valence-electron chi connectivity index (χ1n) is 2.68. The van der Waals surface area contributed by atoms with Crippen LogP contribution in [0.15, 0.2) is 11.8 Å². The van der Waals surface area contributed by atoms with Crippen molar-refractivity contribution < 1.29 is 9.84 Å². The zero-order valence-electron chi connectivity index (χ0n) is 5.42. The van der Waals surface area contributed by atoms with Gasteiger partial charge in [-0.05, 0) is 6.92 Å². The van der Waals surface area contributed by atoms with Crippen molar-refractivity contribution in [3.63, 3.8) is 0 Å². The Balaban J connectivity index is 3.40. The Hall–Kier alpha value is -0.940. The molecule has 0 aromatic carbocycles. The van der Waals surface area contributed by atoms with Crippen molar-refractivity contribution in [3.8, 4) is 12.3 Å². The van der Waals surface area contributed by atoms with Gasteiger partial charge in [0.05, 0.1) is 6.61 Å². The number of hydrogen-bond donors (Lipinski definition) is 1. The Kier molecular flexibility index (Phi) is 4.66. The van der Waals surface area contributed by atoms with Gasteiger partial charge in [-0.1, -0.05) is 5.92 Å². The van der Waals surface area contributed by atoms with Crippen molar-refractivity contribution in [3.05, 3.63) is 11.8 Å². The van der Waals surface area contributed by atoms with E-state index in [4.69, 9.17) is 16.3 Å². The van der Waals surface area contributed by atoms with E-state index >= 15 is 0 Å². The Morgan fingerprint density at radius 1 is 1.89 bits per heavy atom. The molecule has 0 aliphatic heterocycles. The Morgan fingerprint density at radius 3 is 3.00 bits per heavy atom. The monoisotopic (exact) mass is 126 g/mol. The smallest absolute Gasteiger partial charge is 0.111 e. The fraction of sp³-hybridized carbons (Fsp3) is 0.429. The van der Waals surface area contributed by atoms with Gasteiger partial charge in [0, 0.05) is 6.08 Å². The van der Waals surface area contributed by atoms with Gasteiger partial charge >= 0.3 is 0 Å². The molecule has 0 fully saturated rings. The Morgan fingerprint density at radius 2 is 2.56 bits per heavy atom. The lowest BCUT2D eigenvalue weighted by molar-refractivity contribution is 0.146. The van der Waals surface area contributed by atoms with Crippen molar-refractivity contribution in [1.29, 1.82) is 0 Å². The molecule has 0 aliphatic rings. The van der Waals surface area contributed by atoms with E-state index in [1.165, 1.54) is 6.08 Å². The number of allylic oxidation sites excluding steroid dienone is 2. The van der Waals surface area contributed by atoms with E-state index in [0.29, 0.717) is 12.4 Å². The summed E-state index contributed by atoms with van der Waals surface area (Å²) >= 11 is 0. The molecule has 0 aromatic heterocycles. The predicted octanol–water partition coefficient (Wildman–Crippen LogP) is 0.532. The van der Waals surface area contributed by atoms with E-state index in [9.17, 15) is 0 Å². The normalized spacial score (nSPS) is 10.6. The van der Waals surface area contributed by atoms with Crippen LogP contribution < -0.4 is 0 Å². The second-order valence-corrected chi connectivity index (χ2v) is 1.49. The minimum absolute atomic E-state index is 0.0236. The summed E-state index contributed by atoms with van der Waals surface area (Å²) in [5.74, 6) is 2.97. The van der Waals surface area contributed by atoms with Gasteiger partial charge in [0.25, 0.3) is 0 Å². The second-order valence-electron chi connectivity index (χ2n) is 1.49. The van der Waals surface area contributed by atoms with Crippen molar-refractivity contribution in [1.82, 2.24) is 0 Å². The molecule has 0 atom stereocenters. The molecule has 0 aromatic rings. The molecule has 0 aliphatic carbocycles. The molecular formula is C7H10O2. The van der Waals surface area contributed by atoms with Crippen LogP contribution in [-0.4, -0.2) is 18.3 Å². The fourth-order valence-corrected chi connectivity index (χ4v) is 0.366. The number of terminal acetylenes is 1. The largest absolute Gasteiger partial charge is 0.495 e. The van der Waals surface area contributed by atoms with Gasteiger partial charge in [0.1, 0.15) is 12.4 Å². The van der Waals surface area contributed by atoms with E-state index in [1.54, 1.807) is 6.92 Å². The first-order chi connectivity index (χ1) is 4.31. The maximum absolute atomic E-state index is 8.28. The van der Waals surface area contributed by atoms with Crippen molar-refractivity contribution in [2.45, 2.75) is 6.92 Å². The van der Waals surface area contributed by atoms with Gasteiger partial charge in [-0.3, -0.25) is 0 Å². The Labute approximate surface area is 55.1 Å². The van der Waals surface area contributed by atoms with Gasteiger partial charge in [0.2, 0.25) is 0 Å². The summed E-state index contributed by atoms with van der Waals surface area (Å²) in [5.41, 5.74) is 0. The number of rotatable bonds is 3. The van der Waals surface area contributed by atoms with Crippen LogP contribution in [-0.2, 0) is 4.74 Å². The Bertz CT molecular complexity index is 130. The molecule has 1 N–H and O–H groups in total. The van der Waals surface area contributed by atoms with E-state index in [-0.39, 0.29) is 6.61 Å². The van der Waals surface area contributed by atoms with E-state index in [2.05, 4.69) is 5.92 Å². The maximum atomic E-state index is 8.28. The van der Waals surface area contributed by atoms with Gasteiger partial charge in [-0.2, -0.15) is 0 Å². The molecule has 0 bridgehead atoms. The zero-order chi connectivity index (χ0) is 7.11. The number of aliphatic hydroxyl groups is 1. The summed E-state index contributed by atoms with van der Waals surface area (Å²) in [7, 11) is 0. The second kappa shape index (κ2) is 5.20.